The molecule has 29 heavy (non-hydrogen) atoms. The van der Waals surface area contributed by atoms with Crippen LogP contribution in [0.5, 0.6) is 0 Å². The Morgan fingerprint density at radius 1 is 1.24 bits per heavy atom. The van der Waals surface area contributed by atoms with E-state index in [0.29, 0.717) is 50.3 Å². The van der Waals surface area contributed by atoms with Gasteiger partial charge in [-0.3, -0.25) is 5.10 Å². The second-order valence-corrected chi connectivity index (χ2v) is 9.13. The van der Waals surface area contributed by atoms with Crippen molar-refractivity contribution in [3.63, 3.8) is 0 Å². The zero-order valence-electron chi connectivity index (χ0n) is 17.0. The van der Waals surface area contributed by atoms with Gasteiger partial charge in [-0.15, -0.1) is 0 Å². The number of hydrogen-bond donors (Lipinski definition) is 2. The number of nitrogens with one attached hydrogen (secondary N) is 1. The monoisotopic (exact) mass is 420 g/mol. The Hall–Kier alpha value is -1.83. The third-order valence-corrected chi connectivity index (χ3v) is 6.86. The fraction of sp³-hybridized carbons (Fsp3) is 0.619. The number of amides is 2. The van der Waals surface area contributed by atoms with E-state index in [9.17, 15) is 9.90 Å². The number of rotatable bonds is 3. The van der Waals surface area contributed by atoms with E-state index in [-0.39, 0.29) is 11.4 Å². The summed E-state index contributed by atoms with van der Waals surface area (Å²) in [6.45, 7) is 8.19. The van der Waals surface area contributed by atoms with Crippen molar-refractivity contribution in [3.05, 3.63) is 28.9 Å². The Kier molecular flexibility index (Phi) is 5.73. The molecule has 2 aliphatic rings. The maximum Gasteiger partial charge on any atom is 0.320 e. The highest BCUT2D eigenvalue weighted by molar-refractivity contribution is 6.31. The fourth-order valence-corrected chi connectivity index (χ4v) is 4.89. The number of halogens is 1. The molecule has 7 nitrogen and oxygen atoms in total. The van der Waals surface area contributed by atoms with Gasteiger partial charge in [0.25, 0.3) is 0 Å². The number of carbonyl (C=O) groups excluding carboxylic acids is 1. The zero-order valence-corrected chi connectivity index (χ0v) is 17.8. The Bertz CT molecular complexity index is 870. The summed E-state index contributed by atoms with van der Waals surface area (Å²) in [4.78, 5) is 16.6. The van der Waals surface area contributed by atoms with Crippen molar-refractivity contribution in [2.45, 2.75) is 32.8 Å². The van der Waals surface area contributed by atoms with Crippen LogP contribution in [0.25, 0.3) is 10.9 Å². The molecule has 0 saturated carbocycles. The Morgan fingerprint density at radius 2 is 1.90 bits per heavy atom. The number of nitrogens with zero attached hydrogens (tertiary/aromatic N) is 3. The van der Waals surface area contributed by atoms with Gasteiger partial charge in [0.1, 0.15) is 0 Å². The number of aromatic nitrogens is 2. The van der Waals surface area contributed by atoms with Crippen LogP contribution in [0.4, 0.5) is 4.79 Å². The van der Waals surface area contributed by atoms with Gasteiger partial charge in [-0.2, -0.15) is 5.10 Å². The van der Waals surface area contributed by atoms with E-state index in [1.807, 2.05) is 21.9 Å². The molecule has 8 heteroatoms. The first-order valence-electron chi connectivity index (χ1n) is 10.3. The molecule has 0 radical (unpaired) electrons. The van der Waals surface area contributed by atoms with Gasteiger partial charge in [-0.05, 0) is 36.3 Å². The van der Waals surface area contributed by atoms with Crippen molar-refractivity contribution >= 4 is 28.5 Å². The number of aliphatic hydroxyl groups excluding tert-OH is 1. The molecule has 1 atom stereocenters. The molecule has 1 unspecified atom stereocenters. The maximum absolute atomic E-state index is 12.7. The summed E-state index contributed by atoms with van der Waals surface area (Å²) in [5.74, 6) is 0.295. The van der Waals surface area contributed by atoms with Gasteiger partial charge < -0.3 is 19.6 Å². The fourth-order valence-electron chi connectivity index (χ4n) is 4.66. The molecule has 1 aromatic heterocycles. The van der Waals surface area contributed by atoms with Crippen molar-refractivity contribution in [2.24, 2.45) is 11.3 Å². The first kappa shape index (κ1) is 20.4. The number of fused-ring (bicyclic) bond motifs is 1. The van der Waals surface area contributed by atoms with E-state index in [1.54, 1.807) is 6.20 Å². The van der Waals surface area contributed by atoms with E-state index in [0.717, 1.165) is 29.3 Å². The average Bonchev–Trinajstić information content (AvgIpc) is 3.21. The van der Waals surface area contributed by atoms with Gasteiger partial charge in [0.2, 0.25) is 0 Å². The van der Waals surface area contributed by atoms with Gasteiger partial charge in [-0.25, -0.2) is 4.79 Å². The highest BCUT2D eigenvalue weighted by Crippen LogP contribution is 2.46. The standard InChI is InChI=1S/C21H29ClN4O3/c1-21(2,19(27)17-12-16(22)11-14-13-23-24-18(14)17)15-3-5-25(6-4-15)20(28)26-7-9-29-10-8-26/h11-13,15,19,27H,3-10H2,1-2H3,(H,23,24). The quantitative estimate of drug-likeness (QED) is 0.796. The minimum Gasteiger partial charge on any atom is -0.388 e. The van der Waals surface area contributed by atoms with Gasteiger partial charge in [0.05, 0.1) is 31.0 Å². The zero-order chi connectivity index (χ0) is 20.6. The second kappa shape index (κ2) is 8.13. The SMILES string of the molecule is CC(C)(C1CCN(C(=O)N2CCOCC2)CC1)C(O)c1cc(Cl)cc2cn[nH]c12. The molecular formula is C21H29ClN4O3. The van der Waals surface area contributed by atoms with Crippen LogP contribution < -0.4 is 0 Å². The van der Waals surface area contributed by atoms with Gasteiger partial charge in [0, 0.05) is 42.2 Å². The van der Waals surface area contributed by atoms with Crippen LogP contribution in [-0.2, 0) is 4.74 Å². The van der Waals surface area contributed by atoms with E-state index < -0.39 is 6.10 Å². The molecule has 2 amide bonds. The molecule has 2 aromatic rings. The van der Waals surface area contributed by atoms with Gasteiger partial charge in [-0.1, -0.05) is 25.4 Å². The number of ether oxygens (including phenoxy) is 1. The van der Waals surface area contributed by atoms with Crippen LogP contribution in [0.15, 0.2) is 18.3 Å². The van der Waals surface area contributed by atoms with Crippen molar-refractivity contribution in [3.8, 4) is 0 Å². The van der Waals surface area contributed by atoms with Crippen LogP contribution in [0.2, 0.25) is 5.02 Å². The third kappa shape index (κ3) is 3.96. The highest BCUT2D eigenvalue weighted by Gasteiger charge is 2.40. The lowest BCUT2D eigenvalue weighted by molar-refractivity contribution is -0.0178. The lowest BCUT2D eigenvalue weighted by Gasteiger charge is -2.44. The highest BCUT2D eigenvalue weighted by atomic mass is 35.5. The maximum atomic E-state index is 12.7. The molecule has 0 spiro atoms. The summed E-state index contributed by atoms with van der Waals surface area (Å²) in [6.07, 6.45) is 2.77. The smallest absolute Gasteiger partial charge is 0.320 e. The molecule has 1 aromatic carbocycles. The first-order chi connectivity index (χ1) is 13.9. The lowest BCUT2D eigenvalue weighted by atomic mass is 9.68. The summed E-state index contributed by atoms with van der Waals surface area (Å²) in [5.41, 5.74) is 1.24. The van der Waals surface area contributed by atoms with E-state index in [2.05, 4.69) is 24.0 Å². The summed E-state index contributed by atoms with van der Waals surface area (Å²) >= 11 is 6.28. The topological polar surface area (TPSA) is 81.7 Å². The Morgan fingerprint density at radius 3 is 2.59 bits per heavy atom. The summed E-state index contributed by atoms with van der Waals surface area (Å²) < 4.78 is 5.34. The number of likely N-dealkylation sites (tertiary alicyclic amines) is 1. The predicted octanol–water partition coefficient (Wildman–Crippen LogP) is 3.44. The Balaban J connectivity index is 1.45. The number of carbonyl (C=O) groups is 1. The number of H-pyrrole nitrogens is 1. The van der Waals surface area contributed by atoms with Crippen LogP contribution in [0.3, 0.4) is 0 Å². The summed E-state index contributed by atoms with van der Waals surface area (Å²) in [7, 11) is 0. The minimum atomic E-state index is -0.685. The molecular weight excluding hydrogens is 392 g/mol. The number of morpholine rings is 1. The van der Waals surface area contributed by atoms with Crippen LogP contribution in [0.1, 0.15) is 38.4 Å². The third-order valence-electron chi connectivity index (χ3n) is 6.64. The Labute approximate surface area is 176 Å². The van der Waals surface area contributed by atoms with E-state index in [1.165, 1.54) is 0 Å². The molecule has 0 aliphatic carbocycles. The minimum absolute atomic E-state index is 0.110. The van der Waals surface area contributed by atoms with Crippen LogP contribution in [0, 0.1) is 11.3 Å². The number of urea groups is 1. The summed E-state index contributed by atoms with van der Waals surface area (Å²) in [5, 5.41) is 19.9. The van der Waals surface area contributed by atoms with E-state index >= 15 is 0 Å². The molecule has 4 rings (SSSR count). The molecule has 2 aliphatic heterocycles. The van der Waals surface area contributed by atoms with Crippen molar-refractivity contribution in [1.82, 2.24) is 20.0 Å². The van der Waals surface area contributed by atoms with Gasteiger partial charge in [0.15, 0.2) is 0 Å². The lowest BCUT2D eigenvalue weighted by Crippen LogP contribution is -2.51. The number of piperidine rings is 1. The molecule has 0 bridgehead atoms. The largest absolute Gasteiger partial charge is 0.388 e. The van der Waals surface area contributed by atoms with Crippen molar-refractivity contribution in [2.75, 3.05) is 39.4 Å². The normalized spacial score (nSPS) is 20.3. The number of aromatic amines is 1. The van der Waals surface area contributed by atoms with Gasteiger partial charge >= 0.3 is 6.03 Å². The number of benzene rings is 1. The predicted molar refractivity (Wildman–Crippen MR) is 112 cm³/mol. The molecule has 2 N–H and O–H groups in total. The molecule has 158 valence electrons. The van der Waals surface area contributed by atoms with Crippen molar-refractivity contribution in [1.29, 1.82) is 0 Å². The molecule has 2 fully saturated rings. The van der Waals surface area contributed by atoms with Crippen molar-refractivity contribution < 1.29 is 14.6 Å². The van der Waals surface area contributed by atoms with E-state index in [4.69, 9.17) is 16.3 Å². The molecule has 2 saturated heterocycles. The number of hydrogen-bond acceptors (Lipinski definition) is 4. The number of aliphatic hydroxyl groups is 1. The first-order valence-corrected chi connectivity index (χ1v) is 10.7. The average molecular weight is 421 g/mol. The van der Waals surface area contributed by atoms with Crippen LogP contribution in [-0.4, -0.2) is 70.5 Å². The summed E-state index contributed by atoms with van der Waals surface area (Å²) in [6, 6.07) is 3.78. The van der Waals surface area contributed by atoms with Crippen LogP contribution >= 0.6 is 11.6 Å². The molecule has 3 heterocycles. The second-order valence-electron chi connectivity index (χ2n) is 8.70.